The highest BCUT2D eigenvalue weighted by atomic mass is 16.5. The Balaban J connectivity index is 2.89. The Bertz CT molecular complexity index is 316. The molecule has 0 aromatic heterocycles. The van der Waals surface area contributed by atoms with E-state index in [0.717, 1.165) is 11.4 Å². The summed E-state index contributed by atoms with van der Waals surface area (Å²) in [6, 6.07) is 5.64. The van der Waals surface area contributed by atoms with Crippen LogP contribution in [0, 0.1) is 0 Å². The van der Waals surface area contributed by atoms with Gasteiger partial charge in [-0.3, -0.25) is 0 Å². The first-order chi connectivity index (χ1) is 6.42. The summed E-state index contributed by atoms with van der Waals surface area (Å²) in [5.41, 5.74) is 7.53. The van der Waals surface area contributed by atoms with Crippen molar-refractivity contribution in [1.29, 1.82) is 0 Å². The Labute approximate surface area is 85.3 Å². The molecule has 0 aliphatic heterocycles. The van der Waals surface area contributed by atoms with Gasteiger partial charge in [-0.25, -0.2) is 0 Å². The van der Waals surface area contributed by atoms with E-state index in [1.54, 1.807) is 7.11 Å². The van der Waals surface area contributed by atoms with Gasteiger partial charge in [0.15, 0.2) is 0 Å². The number of methoxy groups -OCH3 is 1. The summed E-state index contributed by atoms with van der Waals surface area (Å²) in [6.45, 7) is 6.28. The lowest BCUT2D eigenvalue weighted by molar-refractivity contribution is 0.415. The zero-order valence-electron chi connectivity index (χ0n) is 9.22. The van der Waals surface area contributed by atoms with Crippen molar-refractivity contribution in [1.82, 2.24) is 0 Å². The quantitative estimate of drug-likeness (QED) is 0.711. The van der Waals surface area contributed by atoms with Crippen molar-refractivity contribution >= 4 is 11.4 Å². The molecule has 0 aliphatic rings. The fourth-order valence-electron chi connectivity index (χ4n) is 1.19. The summed E-state index contributed by atoms with van der Waals surface area (Å²) in [5.74, 6) is 0.780. The van der Waals surface area contributed by atoms with Crippen molar-refractivity contribution in [3.05, 3.63) is 18.2 Å². The molecule has 0 aliphatic carbocycles. The summed E-state index contributed by atoms with van der Waals surface area (Å²) in [4.78, 5) is 0. The van der Waals surface area contributed by atoms with Crippen LogP contribution < -0.4 is 15.8 Å². The molecule has 0 saturated carbocycles. The Hall–Kier alpha value is -1.38. The van der Waals surface area contributed by atoms with Crippen LogP contribution >= 0.6 is 0 Å². The zero-order valence-corrected chi connectivity index (χ0v) is 9.22. The SMILES string of the molecule is COc1ccc(NC(C)(C)C)c(N)c1. The van der Waals surface area contributed by atoms with E-state index in [1.807, 2.05) is 18.2 Å². The Morgan fingerprint density at radius 1 is 1.29 bits per heavy atom. The van der Waals surface area contributed by atoms with Gasteiger partial charge < -0.3 is 15.8 Å². The lowest BCUT2D eigenvalue weighted by Crippen LogP contribution is -2.26. The molecule has 14 heavy (non-hydrogen) atoms. The molecule has 1 rings (SSSR count). The minimum Gasteiger partial charge on any atom is -0.497 e. The Kier molecular flexibility index (Phi) is 2.89. The maximum Gasteiger partial charge on any atom is 0.121 e. The first-order valence-corrected chi connectivity index (χ1v) is 4.64. The van der Waals surface area contributed by atoms with Crippen LogP contribution in [0.15, 0.2) is 18.2 Å². The van der Waals surface area contributed by atoms with E-state index >= 15 is 0 Å². The molecule has 3 N–H and O–H groups in total. The smallest absolute Gasteiger partial charge is 0.121 e. The molecule has 1 aromatic rings. The molecule has 0 saturated heterocycles. The van der Waals surface area contributed by atoms with Crippen molar-refractivity contribution in [3.63, 3.8) is 0 Å². The maximum absolute atomic E-state index is 5.86. The van der Waals surface area contributed by atoms with Gasteiger partial charge in [-0.05, 0) is 32.9 Å². The van der Waals surface area contributed by atoms with Crippen molar-refractivity contribution in [2.45, 2.75) is 26.3 Å². The molecule has 0 unspecified atom stereocenters. The zero-order chi connectivity index (χ0) is 10.8. The first-order valence-electron chi connectivity index (χ1n) is 4.64. The molecular weight excluding hydrogens is 176 g/mol. The topological polar surface area (TPSA) is 47.3 Å². The van der Waals surface area contributed by atoms with Crippen molar-refractivity contribution in [3.8, 4) is 5.75 Å². The van der Waals surface area contributed by atoms with Crippen molar-refractivity contribution in [2.75, 3.05) is 18.2 Å². The highest BCUT2D eigenvalue weighted by molar-refractivity contribution is 5.68. The molecule has 0 spiro atoms. The van der Waals surface area contributed by atoms with Gasteiger partial charge in [0.2, 0.25) is 0 Å². The number of benzene rings is 1. The number of nitrogens with two attached hydrogens (primary N) is 1. The Morgan fingerprint density at radius 2 is 1.93 bits per heavy atom. The van der Waals surface area contributed by atoms with E-state index in [4.69, 9.17) is 10.5 Å². The van der Waals surface area contributed by atoms with Crippen molar-refractivity contribution < 1.29 is 4.74 Å². The van der Waals surface area contributed by atoms with Crippen LogP contribution in [0.3, 0.4) is 0 Å². The molecule has 3 nitrogen and oxygen atoms in total. The van der Waals surface area contributed by atoms with E-state index in [2.05, 4.69) is 26.1 Å². The molecule has 0 heterocycles. The molecule has 0 amide bonds. The first kappa shape index (κ1) is 10.7. The van der Waals surface area contributed by atoms with Gasteiger partial charge in [-0.15, -0.1) is 0 Å². The van der Waals surface area contributed by atoms with Crippen LogP contribution in [0.25, 0.3) is 0 Å². The summed E-state index contributed by atoms with van der Waals surface area (Å²) in [6.07, 6.45) is 0. The minimum atomic E-state index is 0.0166. The van der Waals surface area contributed by atoms with Crippen LogP contribution in [0.4, 0.5) is 11.4 Å². The summed E-state index contributed by atoms with van der Waals surface area (Å²) < 4.78 is 5.07. The second kappa shape index (κ2) is 3.78. The second-order valence-electron chi connectivity index (χ2n) is 4.33. The third kappa shape index (κ3) is 2.83. The average Bonchev–Trinajstić information content (AvgIpc) is 2.06. The minimum absolute atomic E-state index is 0.0166. The van der Waals surface area contributed by atoms with Crippen LogP contribution in [-0.4, -0.2) is 12.6 Å². The van der Waals surface area contributed by atoms with Crippen LogP contribution in [0.2, 0.25) is 0 Å². The van der Waals surface area contributed by atoms with Gasteiger partial charge >= 0.3 is 0 Å². The summed E-state index contributed by atoms with van der Waals surface area (Å²) >= 11 is 0. The third-order valence-electron chi connectivity index (χ3n) is 1.77. The molecule has 0 radical (unpaired) electrons. The summed E-state index contributed by atoms with van der Waals surface area (Å²) in [7, 11) is 1.63. The summed E-state index contributed by atoms with van der Waals surface area (Å²) in [5, 5.41) is 3.32. The fraction of sp³-hybridized carbons (Fsp3) is 0.455. The average molecular weight is 194 g/mol. The number of nitrogens with one attached hydrogen (secondary N) is 1. The normalized spacial score (nSPS) is 11.1. The molecular formula is C11H18N2O. The molecule has 1 aromatic carbocycles. The van der Waals surface area contributed by atoms with E-state index in [9.17, 15) is 0 Å². The maximum atomic E-state index is 5.86. The third-order valence-corrected chi connectivity index (χ3v) is 1.77. The molecule has 3 heteroatoms. The lowest BCUT2D eigenvalue weighted by Gasteiger charge is -2.23. The van der Waals surface area contributed by atoms with E-state index in [-0.39, 0.29) is 5.54 Å². The van der Waals surface area contributed by atoms with Gasteiger partial charge in [-0.1, -0.05) is 0 Å². The van der Waals surface area contributed by atoms with Crippen molar-refractivity contribution in [2.24, 2.45) is 0 Å². The molecule has 0 fully saturated rings. The highest BCUT2D eigenvalue weighted by Gasteiger charge is 2.11. The Morgan fingerprint density at radius 3 is 2.36 bits per heavy atom. The molecule has 0 atom stereocenters. The van der Waals surface area contributed by atoms with Gasteiger partial charge in [-0.2, -0.15) is 0 Å². The lowest BCUT2D eigenvalue weighted by atomic mass is 10.1. The number of ether oxygens (including phenoxy) is 1. The van der Waals surface area contributed by atoms with Crippen LogP contribution in [0.5, 0.6) is 5.75 Å². The fourth-order valence-corrected chi connectivity index (χ4v) is 1.19. The number of hydrogen-bond donors (Lipinski definition) is 2. The van der Waals surface area contributed by atoms with Crippen LogP contribution in [-0.2, 0) is 0 Å². The second-order valence-corrected chi connectivity index (χ2v) is 4.33. The van der Waals surface area contributed by atoms with Crippen LogP contribution in [0.1, 0.15) is 20.8 Å². The van der Waals surface area contributed by atoms with E-state index in [1.165, 1.54) is 0 Å². The largest absolute Gasteiger partial charge is 0.497 e. The standard InChI is InChI=1S/C11H18N2O/c1-11(2,3)13-10-6-5-8(14-4)7-9(10)12/h5-7,13H,12H2,1-4H3. The monoisotopic (exact) mass is 194 g/mol. The number of nitrogen functional groups attached to an aromatic ring is 1. The van der Waals surface area contributed by atoms with E-state index < -0.39 is 0 Å². The predicted molar refractivity (Wildman–Crippen MR) is 60.8 cm³/mol. The number of hydrogen-bond acceptors (Lipinski definition) is 3. The van der Waals surface area contributed by atoms with Gasteiger partial charge in [0.25, 0.3) is 0 Å². The predicted octanol–water partition coefficient (Wildman–Crippen LogP) is 2.49. The highest BCUT2D eigenvalue weighted by Crippen LogP contribution is 2.26. The number of rotatable bonds is 2. The van der Waals surface area contributed by atoms with Gasteiger partial charge in [0, 0.05) is 11.6 Å². The number of anilines is 2. The van der Waals surface area contributed by atoms with E-state index in [0.29, 0.717) is 5.69 Å². The molecule has 78 valence electrons. The van der Waals surface area contributed by atoms with Gasteiger partial charge in [0.1, 0.15) is 5.75 Å². The van der Waals surface area contributed by atoms with Gasteiger partial charge in [0.05, 0.1) is 18.5 Å². The molecule has 0 bridgehead atoms.